The van der Waals surface area contributed by atoms with Gasteiger partial charge >= 0.3 is 12.1 Å². The van der Waals surface area contributed by atoms with Crippen LogP contribution in [-0.4, -0.2) is 59.0 Å². The number of benzene rings is 1. The molecule has 132 valence electrons. The molecular formula is C17H24N2O5. The number of carboxylic acids is 1. The predicted molar refractivity (Wildman–Crippen MR) is 89.3 cm³/mol. The Morgan fingerprint density at radius 2 is 1.79 bits per heavy atom. The molecule has 0 saturated carbocycles. The second kappa shape index (κ2) is 7.09. The molecule has 0 atom stereocenters. The number of piperazine rings is 1. The zero-order valence-corrected chi connectivity index (χ0v) is 14.3. The van der Waals surface area contributed by atoms with Crippen LogP contribution in [0.1, 0.15) is 36.7 Å². The molecule has 1 fully saturated rings. The zero-order valence-electron chi connectivity index (χ0n) is 14.3. The Morgan fingerprint density at radius 1 is 1.17 bits per heavy atom. The number of hydrogen-bond acceptors (Lipinski definition) is 5. The van der Waals surface area contributed by atoms with Crippen LogP contribution in [0.2, 0.25) is 0 Å². The highest BCUT2D eigenvalue weighted by Crippen LogP contribution is 2.22. The van der Waals surface area contributed by atoms with Gasteiger partial charge in [0.2, 0.25) is 0 Å². The highest BCUT2D eigenvalue weighted by atomic mass is 16.6. The van der Waals surface area contributed by atoms with Gasteiger partial charge in [-0.25, -0.2) is 9.59 Å². The van der Waals surface area contributed by atoms with Crippen molar-refractivity contribution in [2.45, 2.75) is 33.0 Å². The van der Waals surface area contributed by atoms with Crippen LogP contribution >= 0.6 is 0 Å². The lowest BCUT2D eigenvalue weighted by Gasteiger charge is -2.37. The number of anilines is 1. The number of carboxylic acid groups (broad SMARTS) is 1. The third-order valence-corrected chi connectivity index (χ3v) is 3.79. The van der Waals surface area contributed by atoms with Gasteiger partial charge in [0.05, 0.1) is 12.2 Å². The van der Waals surface area contributed by atoms with Crippen molar-refractivity contribution in [1.82, 2.24) is 4.90 Å². The summed E-state index contributed by atoms with van der Waals surface area (Å²) in [5.41, 5.74) is 0.813. The van der Waals surface area contributed by atoms with Crippen molar-refractivity contribution in [2.75, 3.05) is 31.1 Å². The molecule has 1 aliphatic heterocycles. The molecule has 1 saturated heterocycles. The van der Waals surface area contributed by atoms with Crippen molar-refractivity contribution in [3.63, 3.8) is 0 Å². The summed E-state index contributed by atoms with van der Waals surface area (Å²) in [6.45, 7) is 7.49. The van der Waals surface area contributed by atoms with E-state index in [0.29, 0.717) is 31.7 Å². The first-order chi connectivity index (χ1) is 11.2. The fourth-order valence-electron chi connectivity index (χ4n) is 2.59. The monoisotopic (exact) mass is 336 g/mol. The van der Waals surface area contributed by atoms with Crippen LogP contribution in [0.4, 0.5) is 10.5 Å². The fraction of sp³-hybridized carbons (Fsp3) is 0.529. The molecule has 0 unspecified atom stereocenters. The largest absolute Gasteiger partial charge is 0.478 e. The van der Waals surface area contributed by atoms with Crippen molar-refractivity contribution in [3.05, 3.63) is 29.3 Å². The number of aliphatic hydroxyl groups is 1. The van der Waals surface area contributed by atoms with E-state index in [2.05, 4.69) is 4.90 Å². The maximum Gasteiger partial charge on any atom is 0.410 e. The number of amides is 1. The average Bonchev–Trinajstić information content (AvgIpc) is 2.52. The minimum atomic E-state index is -1.06. The van der Waals surface area contributed by atoms with Crippen molar-refractivity contribution in [2.24, 2.45) is 0 Å². The molecule has 0 radical (unpaired) electrons. The van der Waals surface area contributed by atoms with E-state index in [1.807, 2.05) is 20.8 Å². The summed E-state index contributed by atoms with van der Waals surface area (Å²) in [6, 6.07) is 4.92. The summed E-state index contributed by atoms with van der Waals surface area (Å²) >= 11 is 0. The normalized spacial score (nSPS) is 15.3. The molecule has 2 N–H and O–H groups in total. The number of ether oxygens (including phenoxy) is 1. The van der Waals surface area contributed by atoms with Crippen LogP contribution in [0.25, 0.3) is 0 Å². The van der Waals surface area contributed by atoms with Gasteiger partial charge in [-0.1, -0.05) is 0 Å². The first-order valence-corrected chi connectivity index (χ1v) is 7.91. The maximum atomic E-state index is 12.1. The quantitative estimate of drug-likeness (QED) is 0.876. The number of carbonyl (C=O) groups excluding carboxylic acids is 1. The summed E-state index contributed by atoms with van der Waals surface area (Å²) in [5, 5.41) is 18.5. The Kier molecular flexibility index (Phi) is 5.33. The lowest BCUT2D eigenvalue weighted by Crippen LogP contribution is -2.50. The summed E-state index contributed by atoms with van der Waals surface area (Å²) in [4.78, 5) is 26.9. The van der Waals surface area contributed by atoms with Crippen molar-refractivity contribution < 1.29 is 24.5 Å². The Bertz CT molecular complexity index is 616. The molecule has 1 aromatic rings. The first-order valence-electron chi connectivity index (χ1n) is 7.91. The Hall–Kier alpha value is -2.28. The smallest absolute Gasteiger partial charge is 0.410 e. The molecule has 1 aliphatic rings. The molecule has 1 amide bonds. The molecule has 7 heteroatoms. The van der Waals surface area contributed by atoms with Crippen LogP contribution in [0.15, 0.2) is 18.2 Å². The number of carbonyl (C=O) groups is 2. The molecule has 0 spiro atoms. The maximum absolute atomic E-state index is 12.1. The fourth-order valence-corrected chi connectivity index (χ4v) is 2.59. The van der Waals surface area contributed by atoms with Crippen LogP contribution < -0.4 is 4.90 Å². The van der Waals surface area contributed by atoms with Crippen LogP contribution in [0, 0.1) is 0 Å². The third-order valence-electron chi connectivity index (χ3n) is 3.79. The van der Waals surface area contributed by atoms with Crippen LogP contribution in [0.3, 0.4) is 0 Å². The predicted octanol–water partition coefficient (Wildman–Crippen LogP) is 1.93. The molecule has 7 nitrogen and oxygen atoms in total. The Balaban J connectivity index is 2.02. The second-order valence-corrected chi connectivity index (χ2v) is 6.76. The molecule has 0 aromatic heterocycles. The van der Waals surface area contributed by atoms with Gasteiger partial charge in [-0.2, -0.15) is 0 Å². The molecule has 1 aromatic carbocycles. The van der Waals surface area contributed by atoms with Crippen LogP contribution in [-0.2, 0) is 11.3 Å². The molecule has 24 heavy (non-hydrogen) atoms. The van der Waals surface area contributed by atoms with E-state index in [4.69, 9.17) is 9.84 Å². The van der Waals surface area contributed by atoms with Gasteiger partial charge in [-0.15, -0.1) is 0 Å². The summed E-state index contributed by atoms with van der Waals surface area (Å²) in [7, 11) is 0. The van der Waals surface area contributed by atoms with Gasteiger partial charge in [0.15, 0.2) is 0 Å². The van der Waals surface area contributed by atoms with E-state index < -0.39 is 11.6 Å². The van der Waals surface area contributed by atoms with E-state index in [1.165, 1.54) is 6.07 Å². The molecule has 1 heterocycles. The lowest BCUT2D eigenvalue weighted by atomic mass is 10.1. The highest BCUT2D eigenvalue weighted by molar-refractivity contribution is 5.90. The van der Waals surface area contributed by atoms with Gasteiger partial charge in [0, 0.05) is 31.9 Å². The third kappa shape index (κ3) is 4.38. The Morgan fingerprint density at radius 3 is 2.29 bits per heavy atom. The summed E-state index contributed by atoms with van der Waals surface area (Å²) < 4.78 is 5.37. The highest BCUT2D eigenvalue weighted by Gasteiger charge is 2.26. The van der Waals surface area contributed by atoms with Gasteiger partial charge in [0.25, 0.3) is 0 Å². The van der Waals surface area contributed by atoms with Gasteiger partial charge in [0.1, 0.15) is 5.60 Å². The topological polar surface area (TPSA) is 90.3 Å². The van der Waals surface area contributed by atoms with Crippen molar-refractivity contribution in [1.29, 1.82) is 0 Å². The van der Waals surface area contributed by atoms with Crippen LogP contribution in [0.5, 0.6) is 0 Å². The van der Waals surface area contributed by atoms with Crippen molar-refractivity contribution in [3.8, 4) is 0 Å². The summed E-state index contributed by atoms with van der Waals surface area (Å²) in [5.74, 6) is -1.06. The van der Waals surface area contributed by atoms with E-state index >= 15 is 0 Å². The first kappa shape index (κ1) is 18.1. The van der Waals surface area contributed by atoms with Gasteiger partial charge < -0.3 is 24.7 Å². The number of aromatic carboxylic acids is 1. The molecule has 0 aliphatic carbocycles. The van der Waals surface area contributed by atoms with E-state index in [1.54, 1.807) is 17.0 Å². The Labute approximate surface area is 141 Å². The lowest BCUT2D eigenvalue weighted by molar-refractivity contribution is 0.0240. The standard InChI is InChI=1S/C17H24N2O5/c1-17(2,3)24-16(23)19-8-6-18(7-9-19)13-4-5-14(15(21)22)12(10-13)11-20/h4-5,10,20H,6-9,11H2,1-3H3,(H,21,22). The average molecular weight is 336 g/mol. The van der Waals surface area contributed by atoms with E-state index in [-0.39, 0.29) is 18.3 Å². The zero-order chi connectivity index (χ0) is 17.9. The number of hydrogen-bond donors (Lipinski definition) is 2. The number of nitrogens with zero attached hydrogens (tertiary/aromatic N) is 2. The number of aliphatic hydroxyl groups excluding tert-OH is 1. The number of rotatable bonds is 3. The van der Waals surface area contributed by atoms with E-state index in [9.17, 15) is 14.7 Å². The van der Waals surface area contributed by atoms with Crippen molar-refractivity contribution >= 4 is 17.7 Å². The van der Waals surface area contributed by atoms with Gasteiger partial charge in [-0.3, -0.25) is 0 Å². The molecule has 2 rings (SSSR count). The molecular weight excluding hydrogens is 312 g/mol. The SMILES string of the molecule is CC(C)(C)OC(=O)N1CCN(c2ccc(C(=O)O)c(CO)c2)CC1. The molecule has 0 bridgehead atoms. The van der Waals surface area contributed by atoms with Gasteiger partial charge in [-0.05, 0) is 44.5 Å². The van der Waals surface area contributed by atoms with E-state index in [0.717, 1.165) is 5.69 Å². The second-order valence-electron chi connectivity index (χ2n) is 6.76. The minimum Gasteiger partial charge on any atom is -0.478 e. The minimum absolute atomic E-state index is 0.105. The summed E-state index contributed by atoms with van der Waals surface area (Å²) in [6.07, 6.45) is -0.320.